The highest BCUT2D eigenvalue weighted by Crippen LogP contribution is 2.32. The lowest BCUT2D eigenvalue weighted by atomic mass is 10.0. The third-order valence-corrected chi connectivity index (χ3v) is 5.18. The zero-order chi connectivity index (χ0) is 18.1. The number of rotatable bonds is 3. The normalized spacial score (nSPS) is 16.4. The summed E-state index contributed by atoms with van der Waals surface area (Å²) in [5.41, 5.74) is 4.38. The molecule has 3 aromatic rings. The number of fused-ring (bicyclic) bond motifs is 1. The van der Waals surface area contributed by atoms with E-state index in [2.05, 4.69) is 39.4 Å². The van der Waals surface area contributed by atoms with Crippen LogP contribution < -0.4 is 5.32 Å². The Morgan fingerprint density at radius 1 is 1.19 bits per heavy atom. The van der Waals surface area contributed by atoms with Crippen molar-refractivity contribution >= 4 is 6.03 Å². The summed E-state index contributed by atoms with van der Waals surface area (Å²) >= 11 is 0. The summed E-state index contributed by atoms with van der Waals surface area (Å²) in [4.78, 5) is 14.9. The van der Waals surface area contributed by atoms with Gasteiger partial charge in [0.2, 0.25) is 0 Å². The minimum absolute atomic E-state index is 0.0467. The molecule has 26 heavy (non-hydrogen) atoms. The van der Waals surface area contributed by atoms with Gasteiger partial charge < -0.3 is 14.8 Å². The Hall–Kier alpha value is -3.02. The second-order valence-electron chi connectivity index (χ2n) is 6.67. The van der Waals surface area contributed by atoms with Crippen molar-refractivity contribution in [2.75, 3.05) is 6.54 Å². The molecule has 1 atom stereocenters. The van der Waals surface area contributed by atoms with Crippen LogP contribution in [0.5, 0.6) is 0 Å². The first-order chi connectivity index (χ1) is 12.6. The number of nitrogens with one attached hydrogen (secondary N) is 1. The topological polar surface area (TPSA) is 55.1 Å². The molecule has 0 saturated carbocycles. The van der Waals surface area contributed by atoms with Crippen LogP contribution in [0.25, 0.3) is 0 Å². The Morgan fingerprint density at radius 3 is 2.73 bits per heavy atom. The maximum absolute atomic E-state index is 13.0. The number of benzene rings is 1. The number of carbonyl (C=O) groups is 1. The van der Waals surface area contributed by atoms with E-state index in [1.807, 2.05) is 54.0 Å². The number of aromatic nitrogens is 3. The molecule has 6 heteroatoms. The molecule has 1 aliphatic heterocycles. The van der Waals surface area contributed by atoms with Crippen molar-refractivity contribution in [1.82, 2.24) is 24.6 Å². The van der Waals surface area contributed by atoms with E-state index in [0.717, 1.165) is 29.1 Å². The van der Waals surface area contributed by atoms with E-state index in [9.17, 15) is 4.79 Å². The van der Waals surface area contributed by atoms with Crippen LogP contribution in [0, 0.1) is 6.92 Å². The van der Waals surface area contributed by atoms with Crippen LogP contribution in [0.2, 0.25) is 0 Å². The zero-order valence-electron chi connectivity index (χ0n) is 15.1. The van der Waals surface area contributed by atoms with Crippen LogP contribution in [0.4, 0.5) is 4.79 Å². The number of amides is 2. The van der Waals surface area contributed by atoms with Gasteiger partial charge in [0.25, 0.3) is 0 Å². The van der Waals surface area contributed by atoms with Crippen molar-refractivity contribution in [2.24, 2.45) is 7.05 Å². The third-order valence-electron chi connectivity index (χ3n) is 5.18. The van der Waals surface area contributed by atoms with Gasteiger partial charge in [0.1, 0.15) is 0 Å². The van der Waals surface area contributed by atoms with E-state index >= 15 is 0 Å². The van der Waals surface area contributed by atoms with Gasteiger partial charge in [-0.05, 0) is 24.6 Å². The maximum Gasteiger partial charge on any atom is 0.318 e. The highest BCUT2D eigenvalue weighted by atomic mass is 16.2. The van der Waals surface area contributed by atoms with Gasteiger partial charge in [0, 0.05) is 49.8 Å². The molecule has 6 nitrogen and oxygen atoms in total. The second-order valence-corrected chi connectivity index (χ2v) is 6.67. The minimum Gasteiger partial charge on any atom is -0.348 e. The Kier molecular flexibility index (Phi) is 4.24. The molecule has 4 rings (SSSR count). The Labute approximate surface area is 153 Å². The van der Waals surface area contributed by atoms with Crippen LogP contribution in [0.3, 0.4) is 0 Å². The summed E-state index contributed by atoms with van der Waals surface area (Å²) in [6.07, 6.45) is 3.89. The third kappa shape index (κ3) is 2.87. The molecule has 0 radical (unpaired) electrons. The molecule has 1 aliphatic rings. The van der Waals surface area contributed by atoms with Crippen molar-refractivity contribution in [3.63, 3.8) is 0 Å². The Balaban J connectivity index is 1.58. The van der Waals surface area contributed by atoms with Gasteiger partial charge in [-0.1, -0.05) is 30.3 Å². The molecule has 3 heterocycles. The van der Waals surface area contributed by atoms with Crippen molar-refractivity contribution in [1.29, 1.82) is 0 Å². The number of hydrogen-bond acceptors (Lipinski definition) is 2. The lowest BCUT2D eigenvalue weighted by molar-refractivity contribution is 0.168. The lowest BCUT2D eigenvalue weighted by Gasteiger charge is -2.37. The molecular weight excluding hydrogens is 326 g/mol. The summed E-state index contributed by atoms with van der Waals surface area (Å²) in [7, 11) is 1.91. The molecule has 0 bridgehead atoms. The van der Waals surface area contributed by atoms with Crippen molar-refractivity contribution in [3.8, 4) is 0 Å². The number of carbonyl (C=O) groups excluding carboxylic acids is 1. The quantitative estimate of drug-likeness (QED) is 0.790. The summed E-state index contributed by atoms with van der Waals surface area (Å²) < 4.78 is 4.05. The molecule has 1 N–H and O–H groups in total. The summed E-state index contributed by atoms with van der Waals surface area (Å²) in [6.45, 7) is 3.98. The molecule has 0 fully saturated rings. The average molecular weight is 349 g/mol. The van der Waals surface area contributed by atoms with E-state index in [1.54, 1.807) is 0 Å². The van der Waals surface area contributed by atoms with Crippen LogP contribution in [-0.4, -0.2) is 31.8 Å². The number of aryl methyl sites for hydroxylation is 1. The number of nitrogens with zero attached hydrogens (tertiary/aromatic N) is 4. The average Bonchev–Trinajstić information content (AvgIpc) is 3.27. The van der Waals surface area contributed by atoms with Gasteiger partial charge in [-0.25, -0.2) is 4.79 Å². The molecular formula is C20H23N5O. The summed E-state index contributed by atoms with van der Waals surface area (Å²) in [5, 5.41) is 7.31. The smallest absolute Gasteiger partial charge is 0.318 e. The molecule has 134 valence electrons. The maximum atomic E-state index is 13.0. The first kappa shape index (κ1) is 16.4. The van der Waals surface area contributed by atoms with E-state index in [-0.39, 0.29) is 12.1 Å². The molecule has 0 unspecified atom stereocenters. The Bertz CT molecular complexity index is 911. The van der Waals surface area contributed by atoms with Crippen molar-refractivity contribution < 1.29 is 4.79 Å². The van der Waals surface area contributed by atoms with Crippen molar-refractivity contribution in [3.05, 3.63) is 77.4 Å². The summed E-state index contributed by atoms with van der Waals surface area (Å²) in [6, 6.07) is 14.2. The second kappa shape index (κ2) is 6.71. The fourth-order valence-corrected chi connectivity index (χ4v) is 3.58. The van der Waals surface area contributed by atoms with Crippen molar-refractivity contribution in [2.45, 2.75) is 26.1 Å². The molecule has 0 spiro atoms. The van der Waals surface area contributed by atoms with E-state index in [4.69, 9.17) is 0 Å². The van der Waals surface area contributed by atoms with Gasteiger partial charge in [-0.15, -0.1) is 0 Å². The fourth-order valence-electron chi connectivity index (χ4n) is 3.58. The van der Waals surface area contributed by atoms with Gasteiger partial charge >= 0.3 is 6.03 Å². The predicted molar refractivity (Wildman–Crippen MR) is 99.6 cm³/mol. The van der Waals surface area contributed by atoms with E-state index < -0.39 is 0 Å². The fraction of sp³-hybridized carbons (Fsp3) is 0.300. The van der Waals surface area contributed by atoms with E-state index in [0.29, 0.717) is 13.1 Å². The van der Waals surface area contributed by atoms with Crippen LogP contribution in [0.15, 0.2) is 54.9 Å². The minimum atomic E-state index is -0.0741. The largest absolute Gasteiger partial charge is 0.348 e. The van der Waals surface area contributed by atoms with Gasteiger partial charge in [-0.2, -0.15) is 5.10 Å². The first-order valence-electron chi connectivity index (χ1n) is 8.87. The molecule has 0 aliphatic carbocycles. The highest BCUT2D eigenvalue weighted by Gasteiger charge is 2.31. The van der Waals surface area contributed by atoms with Gasteiger partial charge in [0.05, 0.1) is 12.2 Å². The molecule has 0 saturated heterocycles. The standard InChI is InChI=1S/C20H23N5O/c1-15-17(14-22-23(15)2)13-21-20(26)25-12-11-24-10-6-9-18(24)19(25)16-7-4-3-5-8-16/h3-10,14,19H,11-13H2,1-2H3,(H,21,26)/t19-/m1/s1. The van der Waals surface area contributed by atoms with Crippen LogP contribution >= 0.6 is 0 Å². The monoisotopic (exact) mass is 349 g/mol. The number of hydrogen-bond donors (Lipinski definition) is 1. The molecule has 2 amide bonds. The predicted octanol–water partition coefficient (Wildman–Crippen LogP) is 2.84. The van der Waals surface area contributed by atoms with Gasteiger partial charge in [-0.3, -0.25) is 4.68 Å². The molecule has 2 aromatic heterocycles. The molecule has 1 aromatic carbocycles. The van der Waals surface area contributed by atoms with Crippen LogP contribution in [-0.2, 0) is 20.1 Å². The van der Waals surface area contributed by atoms with E-state index in [1.165, 1.54) is 0 Å². The SMILES string of the molecule is Cc1c(CNC(=O)N2CCn3cccc3[C@H]2c2ccccc2)cnn1C. The van der Waals surface area contributed by atoms with Crippen LogP contribution in [0.1, 0.15) is 28.6 Å². The highest BCUT2D eigenvalue weighted by molar-refractivity contribution is 5.75. The first-order valence-corrected chi connectivity index (χ1v) is 8.87. The summed E-state index contributed by atoms with van der Waals surface area (Å²) in [5.74, 6) is 0. The Morgan fingerprint density at radius 2 is 2.00 bits per heavy atom. The van der Waals surface area contributed by atoms with Gasteiger partial charge in [0.15, 0.2) is 0 Å². The number of urea groups is 1. The lowest BCUT2D eigenvalue weighted by Crippen LogP contribution is -2.47. The zero-order valence-corrected chi connectivity index (χ0v) is 15.1.